The third kappa shape index (κ3) is 1.63. The molecule has 0 aromatic heterocycles. The monoisotopic (exact) mass is 280 g/mol. The average molecular weight is 280 g/mol. The van der Waals surface area contributed by atoms with Gasteiger partial charge in [0.15, 0.2) is 11.9 Å². The number of aliphatic hydroxyl groups is 2. The van der Waals surface area contributed by atoms with Crippen LogP contribution in [-0.4, -0.2) is 39.8 Å². The van der Waals surface area contributed by atoms with Crippen molar-refractivity contribution < 1.29 is 24.5 Å². The second kappa shape index (κ2) is 4.15. The number of rotatable bonds is 0. The zero-order chi connectivity index (χ0) is 14.8. The van der Waals surface area contributed by atoms with E-state index in [2.05, 4.69) is 0 Å². The topological polar surface area (TPSA) is 83.8 Å². The number of hydrogen-bond donors (Lipinski definition) is 2. The van der Waals surface area contributed by atoms with Gasteiger partial charge < -0.3 is 14.9 Å². The van der Waals surface area contributed by atoms with Crippen LogP contribution in [0.2, 0.25) is 0 Å². The van der Waals surface area contributed by atoms with Crippen molar-refractivity contribution >= 4 is 11.8 Å². The van der Waals surface area contributed by atoms with Gasteiger partial charge in [-0.3, -0.25) is 9.59 Å². The highest BCUT2D eigenvalue weighted by molar-refractivity contribution is 6.02. The Hall–Kier alpha value is -1.20. The summed E-state index contributed by atoms with van der Waals surface area (Å²) in [5.41, 5.74) is 0.114. The molecule has 3 rings (SSSR count). The largest absolute Gasteiger partial charge is 0.453 e. The smallest absolute Gasteiger partial charge is 0.309 e. The van der Waals surface area contributed by atoms with Crippen molar-refractivity contribution in [3.8, 4) is 0 Å². The van der Waals surface area contributed by atoms with Crippen molar-refractivity contribution in [2.24, 2.45) is 17.8 Å². The van der Waals surface area contributed by atoms with Gasteiger partial charge in [-0.15, -0.1) is 0 Å². The lowest BCUT2D eigenvalue weighted by molar-refractivity contribution is -0.148. The molecule has 5 nitrogen and oxygen atoms in total. The third-order valence-electron chi connectivity index (χ3n) is 5.48. The van der Waals surface area contributed by atoms with E-state index in [0.29, 0.717) is 18.4 Å². The van der Waals surface area contributed by atoms with Gasteiger partial charge in [-0.05, 0) is 32.3 Å². The maximum absolute atomic E-state index is 12.5. The Labute approximate surface area is 117 Å². The lowest BCUT2D eigenvalue weighted by Crippen LogP contribution is -2.41. The molecule has 0 bridgehead atoms. The molecule has 6 unspecified atom stereocenters. The van der Waals surface area contributed by atoms with Gasteiger partial charge in [0.05, 0.1) is 17.6 Å². The van der Waals surface area contributed by atoms with Crippen LogP contribution in [0.4, 0.5) is 0 Å². The molecular formula is C15H20O5. The second-order valence-corrected chi connectivity index (χ2v) is 6.56. The molecule has 1 aliphatic heterocycles. The van der Waals surface area contributed by atoms with Crippen LogP contribution in [0.15, 0.2) is 11.1 Å². The van der Waals surface area contributed by atoms with Gasteiger partial charge in [0, 0.05) is 11.8 Å². The quantitative estimate of drug-likeness (QED) is 0.634. The molecule has 2 aliphatic carbocycles. The summed E-state index contributed by atoms with van der Waals surface area (Å²) in [6.45, 7) is 5.08. The van der Waals surface area contributed by atoms with Crippen LogP contribution in [-0.2, 0) is 14.3 Å². The zero-order valence-electron chi connectivity index (χ0n) is 11.9. The first-order valence-corrected chi connectivity index (χ1v) is 7.10. The summed E-state index contributed by atoms with van der Waals surface area (Å²) < 4.78 is 5.23. The Morgan fingerprint density at radius 1 is 1.35 bits per heavy atom. The summed E-state index contributed by atoms with van der Waals surface area (Å²) in [7, 11) is 0. The van der Waals surface area contributed by atoms with Gasteiger partial charge in [-0.25, -0.2) is 0 Å². The molecule has 1 saturated carbocycles. The highest BCUT2D eigenvalue weighted by Gasteiger charge is 2.56. The molecule has 2 N–H and O–H groups in total. The molecule has 2 fully saturated rings. The first-order chi connectivity index (χ1) is 9.25. The van der Waals surface area contributed by atoms with Gasteiger partial charge >= 0.3 is 5.97 Å². The lowest BCUT2D eigenvalue weighted by Gasteiger charge is -2.30. The van der Waals surface area contributed by atoms with Crippen molar-refractivity contribution in [2.75, 3.05) is 0 Å². The fourth-order valence-electron chi connectivity index (χ4n) is 3.91. The van der Waals surface area contributed by atoms with Crippen LogP contribution >= 0.6 is 0 Å². The van der Waals surface area contributed by atoms with Crippen LogP contribution in [0.1, 0.15) is 33.6 Å². The zero-order valence-corrected chi connectivity index (χ0v) is 11.9. The van der Waals surface area contributed by atoms with Crippen LogP contribution in [0.3, 0.4) is 0 Å². The third-order valence-corrected chi connectivity index (χ3v) is 5.48. The van der Waals surface area contributed by atoms with Crippen LogP contribution in [0, 0.1) is 17.8 Å². The van der Waals surface area contributed by atoms with E-state index < -0.39 is 17.8 Å². The predicted octanol–water partition coefficient (Wildman–Crippen LogP) is 0.585. The molecule has 5 heteroatoms. The van der Waals surface area contributed by atoms with E-state index in [0.717, 1.165) is 5.57 Å². The average Bonchev–Trinajstić information content (AvgIpc) is 2.74. The van der Waals surface area contributed by atoms with E-state index in [1.807, 2.05) is 0 Å². The summed E-state index contributed by atoms with van der Waals surface area (Å²) in [5, 5.41) is 20.6. The predicted molar refractivity (Wildman–Crippen MR) is 69.6 cm³/mol. The van der Waals surface area contributed by atoms with E-state index in [1.54, 1.807) is 20.8 Å². The van der Waals surface area contributed by atoms with Gasteiger partial charge in [-0.1, -0.05) is 12.5 Å². The summed E-state index contributed by atoms with van der Waals surface area (Å²) in [4.78, 5) is 24.2. The Balaban J connectivity index is 2.07. The first-order valence-electron chi connectivity index (χ1n) is 7.10. The van der Waals surface area contributed by atoms with Gasteiger partial charge in [-0.2, -0.15) is 0 Å². The molecule has 0 aromatic rings. The number of fused-ring (bicyclic) bond motifs is 2. The van der Waals surface area contributed by atoms with E-state index in [9.17, 15) is 19.8 Å². The molecule has 20 heavy (non-hydrogen) atoms. The molecule has 3 aliphatic rings. The summed E-state index contributed by atoms with van der Waals surface area (Å²) >= 11 is 0. The standard InChI is InChI=1S/C15H20O5/c1-6-8-5-11(16)15(3,19)10(8)4-9-7(2)14(18)20-13(9)12(6)17/h7,9-11,13,16,19H,4-5H2,1-3H3. The number of esters is 1. The Morgan fingerprint density at radius 2 is 2.00 bits per heavy atom. The number of ketones is 1. The number of carbonyl (C=O) groups is 2. The minimum atomic E-state index is -1.25. The van der Waals surface area contributed by atoms with E-state index in [1.165, 1.54) is 0 Å². The lowest BCUT2D eigenvalue weighted by atomic mass is 9.78. The Bertz CT molecular complexity index is 518. The van der Waals surface area contributed by atoms with Gasteiger partial charge in [0.1, 0.15) is 0 Å². The molecule has 0 amide bonds. The minimum Gasteiger partial charge on any atom is -0.453 e. The van der Waals surface area contributed by atoms with Crippen molar-refractivity contribution in [2.45, 2.75) is 51.4 Å². The molecule has 0 spiro atoms. The SMILES string of the molecule is CC1=C2CC(O)C(C)(O)C2CC2C(C)C(=O)OC2C1=O. The first kappa shape index (κ1) is 13.8. The second-order valence-electron chi connectivity index (χ2n) is 6.56. The van der Waals surface area contributed by atoms with Crippen molar-refractivity contribution in [1.29, 1.82) is 0 Å². The number of ether oxygens (including phenoxy) is 1. The van der Waals surface area contributed by atoms with E-state index in [4.69, 9.17) is 4.74 Å². The van der Waals surface area contributed by atoms with Crippen LogP contribution in [0.5, 0.6) is 0 Å². The molecule has 1 heterocycles. The summed E-state index contributed by atoms with van der Waals surface area (Å²) in [6.07, 6.45) is -0.768. The summed E-state index contributed by atoms with van der Waals surface area (Å²) in [6, 6.07) is 0. The maximum atomic E-state index is 12.5. The van der Waals surface area contributed by atoms with Crippen molar-refractivity contribution in [3.63, 3.8) is 0 Å². The van der Waals surface area contributed by atoms with Crippen LogP contribution in [0.25, 0.3) is 0 Å². The van der Waals surface area contributed by atoms with Crippen molar-refractivity contribution in [3.05, 3.63) is 11.1 Å². The number of aliphatic hydroxyl groups excluding tert-OH is 1. The fourth-order valence-corrected chi connectivity index (χ4v) is 3.91. The highest BCUT2D eigenvalue weighted by Crippen LogP contribution is 2.50. The minimum absolute atomic E-state index is 0.171. The van der Waals surface area contributed by atoms with Crippen LogP contribution < -0.4 is 0 Å². The molecule has 1 saturated heterocycles. The molecule has 110 valence electrons. The molecular weight excluding hydrogens is 260 g/mol. The number of hydrogen-bond acceptors (Lipinski definition) is 5. The molecule has 0 aromatic carbocycles. The van der Waals surface area contributed by atoms with E-state index in [-0.39, 0.29) is 29.5 Å². The fraction of sp³-hybridized carbons (Fsp3) is 0.733. The number of carbonyl (C=O) groups excluding carboxylic acids is 2. The molecule has 6 atom stereocenters. The molecule has 0 radical (unpaired) electrons. The highest BCUT2D eigenvalue weighted by atomic mass is 16.6. The normalized spacial score (nSPS) is 48.0. The summed E-state index contributed by atoms with van der Waals surface area (Å²) in [5.74, 6) is -1.36. The van der Waals surface area contributed by atoms with Gasteiger partial charge in [0.2, 0.25) is 0 Å². The van der Waals surface area contributed by atoms with Crippen molar-refractivity contribution in [1.82, 2.24) is 0 Å². The maximum Gasteiger partial charge on any atom is 0.309 e. The number of Topliss-reactive ketones (excluding diaryl/α,β-unsaturated/α-hetero) is 1. The Kier molecular flexibility index (Phi) is 2.86. The Morgan fingerprint density at radius 3 is 2.65 bits per heavy atom. The van der Waals surface area contributed by atoms with Gasteiger partial charge in [0.25, 0.3) is 0 Å². The van der Waals surface area contributed by atoms with E-state index >= 15 is 0 Å².